The van der Waals surface area contributed by atoms with Crippen LogP contribution in [0.1, 0.15) is 44.6 Å². The molecule has 2 heteroatoms. The fraction of sp³-hybridized carbons (Fsp3) is 0.368. The number of allylic oxidation sites excluding steroid dienone is 4. The molecule has 2 nitrogen and oxygen atoms in total. The highest BCUT2D eigenvalue weighted by atomic mass is 14.5. The molecule has 112 valence electrons. The Hall–Kier alpha value is -1.96. The van der Waals surface area contributed by atoms with Crippen LogP contribution in [0.15, 0.2) is 60.3 Å². The van der Waals surface area contributed by atoms with Gasteiger partial charge >= 0.3 is 0 Å². The summed E-state index contributed by atoms with van der Waals surface area (Å²) in [5.74, 6) is 0. The molecule has 1 aliphatic carbocycles. The molecular weight excluding hydrogens is 256 g/mol. The summed E-state index contributed by atoms with van der Waals surface area (Å²) in [6.07, 6.45) is 12.4. The van der Waals surface area contributed by atoms with Crippen molar-refractivity contribution in [3.8, 4) is 0 Å². The first-order valence-electron chi connectivity index (χ1n) is 7.74. The first kappa shape index (κ1) is 15.4. The van der Waals surface area contributed by atoms with Crippen molar-refractivity contribution in [3.63, 3.8) is 0 Å². The zero-order chi connectivity index (χ0) is 15.3. The van der Waals surface area contributed by atoms with Crippen molar-refractivity contribution in [2.75, 3.05) is 5.73 Å². The predicted octanol–water partition coefficient (Wildman–Crippen LogP) is 4.45. The highest BCUT2D eigenvalue weighted by Crippen LogP contribution is 2.45. The maximum atomic E-state index is 5.85. The van der Waals surface area contributed by atoms with Crippen molar-refractivity contribution in [1.82, 2.24) is 0 Å². The lowest BCUT2D eigenvalue weighted by Gasteiger charge is -2.39. The average molecular weight is 282 g/mol. The Morgan fingerprint density at radius 1 is 1.10 bits per heavy atom. The first-order chi connectivity index (χ1) is 10.1. The molecular formula is C19H26N2. The van der Waals surface area contributed by atoms with Crippen LogP contribution in [0.25, 0.3) is 0 Å². The summed E-state index contributed by atoms with van der Waals surface area (Å²) in [5, 5.41) is 0. The number of nitrogen functional groups attached to an aromatic ring is 1. The lowest BCUT2D eigenvalue weighted by molar-refractivity contribution is 0.345. The van der Waals surface area contributed by atoms with E-state index in [0.29, 0.717) is 5.70 Å². The second-order valence-corrected chi connectivity index (χ2v) is 5.92. The van der Waals surface area contributed by atoms with Gasteiger partial charge in [-0.3, -0.25) is 0 Å². The smallest absolute Gasteiger partial charge is 0.0314 e. The summed E-state index contributed by atoms with van der Waals surface area (Å²) in [6.45, 7) is 5.86. The van der Waals surface area contributed by atoms with Gasteiger partial charge in [0.2, 0.25) is 0 Å². The third kappa shape index (κ3) is 3.38. The van der Waals surface area contributed by atoms with Gasteiger partial charge in [0, 0.05) is 16.8 Å². The number of rotatable bonds is 4. The van der Waals surface area contributed by atoms with Crippen LogP contribution in [0.4, 0.5) is 5.69 Å². The topological polar surface area (TPSA) is 52.0 Å². The summed E-state index contributed by atoms with van der Waals surface area (Å²) in [5.41, 5.74) is 15.7. The summed E-state index contributed by atoms with van der Waals surface area (Å²) < 4.78 is 0. The van der Waals surface area contributed by atoms with Crippen molar-refractivity contribution in [1.29, 1.82) is 0 Å². The molecule has 0 heterocycles. The molecule has 1 aromatic rings. The molecule has 21 heavy (non-hydrogen) atoms. The van der Waals surface area contributed by atoms with E-state index in [2.05, 4.69) is 37.8 Å². The van der Waals surface area contributed by atoms with E-state index in [-0.39, 0.29) is 5.41 Å². The largest absolute Gasteiger partial charge is 0.399 e. The van der Waals surface area contributed by atoms with Crippen molar-refractivity contribution in [3.05, 3.63) is 65.9 Å². The number of benzene rings is 1. The van der Waals surface area contributed by atoms with Gasteiger partial charge in [-0.15, -0.1) is 0 Å². The quantitative estimate of drug-likeness (QED) is 0.633. The molecule has 2 rings (SSSR count). The van der Waals surface area contributed by atoms with Crippen molar-refractivity contribution < 1.29 is 0 Å². The van der Waals surface area contributed by atoms with E-state index in [4.69, 9.17) is 11.5 Å². The van der Waals surface area contributed by atoms with Crippen molar-refractivity contribution in [2.45, 2.75) is 44.4 Å². The van der Waals surface area contributed by atoms with E-state index in [9.17, 15) is 0 Å². The lowest BCUT2D eigenvalue weighted by Crippen LogP contribution is -2.31. The van der Waals surface area contributed by atoms with Crippen LogP contribution in [0.3, 0.4) is 0 Å². The van der Waals surface area contributed by atoms with Gasteiger partial charge in [0.05, 0.1) is 0 Å². The van der Waals surface area contributed by atoms with E-state index in [1.165, 1.54) is 43.2 Å². The average Bonchev–Trinajstić information content (AvgIpc) is 2.49. The van der Waals surface area contributed by atoms with Crippen LogP contribution in [0.5, 0.6) is 0 Å². The van der Waals surface area contributed by atoms with Crippen LogP contribution in [0, 0.1) is 0 Å². The molecule has 0 aliphatic heterocycles. The zero-order valence-corrected chi connectivity index (χ0v) is 12.9. The monoisotopic (exact) mass is 282 g/mol. The molecule has 4 N–H and O–H groups in total. The van der Waals surface area contributed by atoms with Gasteiger partial charge in [0.15, 0.2) is 0 Å². The maximum Gasteiger partial charge on any atom is 0.0314 e. The summed E-state index contributed by atoms with van der Waals surface area (Å²) in [7, 11) is 0. The molecule has 1 fully saturated rings. The second-order valence-electron chi connectivity index (χ2n) is 5.92. The van der Waals surface area contributed by atoms with Gasteiger partial charge in [-0.1, -0.05) is 50.1 Å². The second kappa shape index (κ2) is 6.66. The SMILES string of the molecule is C=C(N)/C=C\C(=C/C)C1(c2ccc(N)cc2)CCCCC1. The Bertz CT molecular complexity index is 543. The van der Waals surface area contributed by atoms with E-state index >= 15 is 0 Å². The molecule has 1 aliphatic rings. The number of hydrogen-bond acceptors (Lipinski definition) is 2. The van der Waals surface area contributed by atoms with Crippen LogP contribution in [0.2, 0.25) is 0 Å². The molecule has 1 aromatic carbocycles. The van der Waals surface area contributed by atoms with E-state index in [1.54, 1.807) is 0 Å². The number of anilines is 1. The minimum absolute atomic E-state index is 0.0899. The third-order valence-electron chi connectivity index (χ3n) is 4.51. The minimum Gasteiger partial charge on any atom is -0.399 e. The molecule has 0 amide bonds. The summed E-state index contributed by atoms with van der Waals surface area (Å²) >= 11 is 0. The normalized spacial score (nSPS) is 18.8. The molecule has 0 aromatic heterocycles. The van der Waals surface area contributed by atoms with Crippen molar-refractivity contribution >= 4 is 5.69 Å². The van der Waals surface area contributed by atoms with Gasteiger partial charge in [-0.05, 0) is 49.1 Å². The highest BCUT2D eigenvalue weighted by molar-refractivity contribution is 5.48. The summed E-state index contributed by atoms with van der Waals surface area (Å²) in [6, 6.07) is 8.36. The highest BCUT2D eigenvalue weighted by Gasteiger charge is 2.35. The fourth-order valence-corrected chi connectivity index (χ4v) is 3.43. The standard InChI is InChI=1S/C19H26N2/c1-3-16(8-7-15(2)20)19(13-5-4-6-14-19)17-9-11-18(21)12-10-17/h3,7-12H,2,4-6,13-14,20-21H2,1H3/b8-7-,16-3+. The lowest BCUT2D eigenvalue weighted by atomic mass is 9.64. The Morgan fingerprint density at radius 3 is 2.24 bits per heavy atom. The maximum absolute atomic E-state index is 5.85. The van der Waals surface area contributed by atoms with Crippen molar-refractivity contribution in [2.24, 2.45) is 5.73 Å². The fourth-order valence-electron chi connectivity index (χ4n) is 3.43. The Labute approximate surface area is 128 Å². The first-order valence-corrected chi connectivity index (χ1v) is 7.74. The molecule has 0 spiro atoms. The Kier molecular flexibility index (Phi) is 4.89. The van der Waals surface area contributed by atoms with E-state index < -0.39 is 0 Å². The van der Waals surface area contributed by atoms with Crippen LogP contribution < -0.4 is 11.5 Å². The Morgan fingerprint density at radius 2 is 1.71 bits per heavy atom. The number of nitrogens with two attached hydrogens (primary N) is 2. The van der Waals surface area contributed by atoms with E-state index in [0.717, 1.165) is 5.69 Å². The predicted molar refractivity (Wildman–Crippen MR) is 91.8 cm³/mol. The van der Waals surface area contributed by atoms with Gasteiger partial charge in [-0.25, -0.2) is 0 Å². The summed E-state index contributed by atoms with van der Waals surface area (Å²) in [4.78, 5) is 0. The molecule has 0 unspecified atom stereocenters. The van der Waals surface area contributed by atoms with Gasteiger partial charge < -0.3 is 11.5 Å². The van der Waals surface area contributed by atoms with Crippen LogP contribution >= 0.6 is 0 Å². The van der Waals surface area contributed by atoms with Gasteiger partial charge in [0.1, 0.15) is 0 Å². The third-order valence-corrected chi connectivity index (χ3v) is 4.51. The molecule has 0 bridgehead atoms. The molecule has 0 saturated heterocycles. The number of hydrogen-bond donors (Lipinski definition) is 2. The van der Waals surface area contributed by atoms with Crippen LogP contribution in [-0.4, -0.2) is 0 Å². The molecule has 0 atom stereocenters. The van der Waals surface area contributed by atoms with E-state index in [1.807, 2.05) is 18.2 Å². The zero-order valence-electron chi connectivity index (χ0n) is 12.9. The minimum atomic E-state index is 0.0899. The molecule has 0 radical (unpaired) electrons. The van der Waals surface area contributed by atoms with Crippen LogP contribution in [-0.2, 0) is 5.41 Å². The molecule has 1 saturated carbocycles. The Balaban J connectivity index is 2.45. The van der Waals surface area contributed by atoms with Gasteiger partial charge in [-0.2, -0.15) is 0 Å². The van der Waals surface area contributed by atoms with Gasteiger partial charge in [0.25, 0.3) is 0 Å².